The number of thioether (sulfide) groups is 1. The number of carbonyl (C=O) groups excluding carboxylic acids is 1. The van der Waals surface area contributed by atoms with Crippen LogP contribution in [-0.2, 0) is 5.75 Å². The summed E-state index contributed by atoms with van der Waals surface area (Å²) in [6.45, 7) is 0. The molecular weight excluding hydrogens is 368 g/mol. The number of rotatable bonds is 6. The maximum Gasteiger partial charge on any atom is 0.273 e. The predicted octanol–water partition coefficient (Wildman–Crippen LogP) is 5.02. The lowest BCUT2D eigenvalue weighted by atomic mass is 10.1. The lowest BCUT2D eigenvalue weighted by Crippen LogP contribution is -2.12. The van der Waals surface area contributed by atoms with Crippen molar-refractivity contribution in [1.82, 2.24) is 15.2 Å². The van der Waals surface area contributed by atoms with E-state index in [0.717, 1.165) is 33.3 Å². The van der Waals surface area contributed by atoms with Gasteiger partial charge in [0.2, 0.25) is 0 Å². The Morgan fingerprint density at radius 2 is 1.82 bits per heavy atom. The fourth-order valence-electron chi connectivity index (χ4n) is 2.72. The van der Waals surface area contributed by atoms with Gasteiger partial charge in [0, 0.05) is 23.2 Å². The summed E-state index contributed by atoms with van der Waals surface area (Å²) >= 11 is 1.66. The van der Waals surface area contributed by atoms with Crippen LogP contribution in [0.5, 0.6) is 0 Å². The highest BCUT2D eigenvalue weighted by atomic mass is 32.2. The van der Waals surface area contributed by atoms with E-state index in [9.17, 15) is 4.79 Å². The molecule has 0 aliphatic heterocycles. The SMILES string of the molecule is O=C(Nc1cccc(CSc2ccccn2)c1)c1cc(-c2ccccc2)n[nH]1. The number of nitrogens with one attached hydrogen (secondary N) is 2. The Balaban J connectivity index is 1.41. The number of pyridine rings is 1. The molecule has 0 atom stereocenters. The average molecular weight is 386 g/mol. The van der Waals surface area contributed by atoms with E-state index in [1.807, 2.05) is 72.8 Å². The van der Waals surface area contributed by atoms with Gasteiger partial charge in [0.25, 0.3) is 5.91 Å². The Morgan fingerprint density at radius 1 is 0.964 bits per heavy atom. The molecule has 0 spiro atoms. The summed E-state index contributed by atoms with van der Waals surface area (Å²) < 4.78 is 0. The number of hydrogen-bond donors (Lipinski definition) is 2. The molecule has 2 aromatic carbocycles. The van der Waals surface area contributed by atoms with Crippen molar-refractivity contribution in [1.29, 1.82) is 0 Å². The average Bonchev–Trinajstić information content (AvgIpc) is 3.25. The molecule has 4 rings (SSSR count). The third-order valence-electron chi connectivity index (χ3n) is 4.10. The Bertz CT molecular complexity index is 1060. The molecule has 138 valence electrons. The van der Waals surface area contributed by atoms with Gasteiger partial charge in [0.15, 0.2) is 0 Å². The van der Waals surface area contributed by atoms with Crippen LogP contribution in [-0.4, -0.2) is 21.1 Å². The van der Waals surface area contributed by atoms with Crippen molar-refractivity contribution in [2.75, 3.05) is 5.32 Å². The van der Waals surface area contributed by atoms with E-state index in [1.54, 1.807) is 24.0 Å². The largest absolute Gasteiger partial charge is 0.321 e. The third kappa shape index (κ3) is 4.47. The molecule has 0 unspecified atom stereocenters. The molecular formula is C22H18N4OS. The lowest BCUT2D eigenvalue weighted by Gasteiger charge is -2.06. The van der Waals surface area contributed by atoms with Crippen LogP contribution in [0, 0.1) is 0 Å². The highest BCUT2D eigenvalue weighted by Gasteiger charge is 2.11. The summed E-state index contributed by atoms with van der Waals surface area (Å²) in [6.07, 6.45) is 1.78. The molecule has 0 saturated carbocycles. The lowest BCUT2D eigenvalue weighted by molar-refractivity contribution is 0.102. The molecule has 0 fully saturated rings. The van der Waals surface area contributed by atoms with E-state index < -0.39 is 0 Å². The highest BCUT2D eigenvalue weighted by Crippen LogP contribution is 2.22. The minimum absolute atomic E-state index is 0.218. The smallest absolute Gasteiger partial charge is 0.273 e. The van der Waals surface area contributed by atoms with Gasteiger partial charge < -0.3 is 5.32 Å². The van der Waals surface area contributed by atoms with E-state index in [0.29, 0.717) is 5.69 Å². The zero-order valence-electron chi connectivity index (χ0n) is 15.0. The van der Waals surface area contributed by atoms with Crippen LogP contribution in [0.4, 0.5) is 5.69 Å². The second-order valence-corrected chi connectivity index (χ2v) is 7.14. The van der Waals surface area contributed by atoms with Gasteiger partial charge in [-0.1, -0.05) is 48.5 Å². The van der Waals surface area contributed by atoms with E-state index in [4.69, 9.17) is 0 Å². The molecule has 0 aliphatic carbocycles. The zero-order valence-corrected chi connectivity index (χ0v) is 15.8. The number of carbonyl (C=O) groups is 1. The van der Waals surface area contributed by atoms with Crippen molar-refractivity contribution >= 4 is 23.4 Å². The van der Waals surface area contributed by atoms with E-state index >= 15 is 0 Å². The zero-order chi connectivity index (χ0) is 19.2. The number of hydrogen-bond acceptors (Lipinski definition) is 4. The summed E-state index contributed by atoms with van der Waals surface area (Å²) in [6, 6.07) is 25.2. The van der Waals surface area contributed by atoms with Crippen molar-refractivity contribution in [3.8, 4) is 11.3 Å². The van der Waals surface area contributed by atoms with Crippen molar-refractivity contribution in [3.63, 3.8) is 0 Å². The van der Waals surface area contributed by atoms with Crippen LogP contribution in [0.1, 0.15) is 16.1 Å². The van der Waals surface area contributed by atoms with Crippen LogP contribution in [0.2, 0.25) is 0 Å². The van der Waals surface area contributed by atoms with Gasteiger partial charge in [-0.15, -0.1) is 11.8 Å². The maximum atomic E-state index is 12.6. The molecule has 2 N–H and O–H groups in total. The van der Waals surface area contributed by atoms with Gasteiger partial charge in [-0.25, -0.2) is 4.98 Å². The third-order valence-corrected chi connectivity index (χ3v) is 5.12. The van der Waals surface area contributed by atoms with E-state index in [2.05, 4.69) is 20.5 Å². The first-order valence-corrected chi connectivity index (χ1v) is 9.81. The molecule has 0 bridgehead atoms. The summed E-state index contributed by atoms with van der Waals surface area (Å²) in [4.78, 5) is 16.9. The molecule has 0 aliphatic rings. The molecule has 5 nitrogen and oxygen atoms in total. The van der Waals surface area contributed by atoms with Gasteiger partial charge in [-0.05, 0) is 35.9 Å². The van der Waals surface area contributed by atoms with Crippen LogP contribution >= 0.6 is 11.8 Å². The number of H-pyrrole nitrogens is 1. The van der Waals surface area contributed by atoms with E-state index in [-0.39, 0.29) is 5.91 Å². The molecule has 28 heavy (non-hydrogen) atoms. The molecule has 0 radical (unpaired) electrons. The normalized spacial score (nSPS) is 10.6. The van der Waals surface area contributed by atoms with Gasteiger partial charge in [0.1, 0.15) is 5.69 Å². The van der Waals surface area contributed by atoms with Crippen molar-refractivity contribution in [2.24, 2.45) is 0 Å². The summed E-state index contributed by atoms with van der Waals surface area (Å²) in [5.41, 5.74) is 3.99. The molecule has 2 aromatic heterocycles. The van der Waals surface area contributed by atoms with Crippen molar-refractivity contribution in [3.05, 3.63) is 96.3 Å². The van der Waals surface area contributed by atoms with Gasteiger partial charge >= 0.3 is 0 Å². The van der Waals surface area contributed by atoms with Crippen LogP contribution in [0.15, 0.2) is 90.1 Å². The molecule has 1 amide bonds. The summed E-state index contributed by atoms with van der Waals surface area (Å²) in [5.74, 6) is 0.562. The monoisotopic (exact) mass is 386 g/mol. The maximum absolute atomic E-state index is 12.6. The molecule has 0 saturated heterocycles. The molecule has 2 heterocycles. The minimum Gasteiger partial charge on any atom is -0.321 e. The van der Waals surface area contributed by atoms with Gasteiger partial charge in [-0.2, -0.15) is 5.10 Å². The minimum atomic E-state index is -0.218. The van der Waals surface area contributed by atoms with Crippen LogP contribution < -0.4 is 5.32 Å². The second-order valence-electron chi connectivity index (χ2n) is 6.14. The number of amides is 1. The Morgan fingerprint density at radius 3 is 2.64 bits per heavy atom. The number of aromatic amines is 1. The van der Waals surface area contributed by atoms with Gasteiger partial charge in [-0.3, -0.25) is 9.89 Å². The fraction of sp³-hybridized carbons (Fsp3) is 0.0455. The van der Waals surface area contributed by atoms with E-state index in [1.165, 1.54) is 0 Å². The first kappa shape index (κ1) is 18.0. The van der Waals surface area contributed by atoms with Crippen molar-refractivity contribution < 1.29 is 4.79 Å². The Labute approximate surface area is 167 Å². The first-order valence-electron chi connectivity index (χ1n) is 8.83. The van der Waals surface area contributed by atoms with Gasteiger partial charge in [0.05, 0.1) is 10.7 Å². The number of aromatic nitrogens is 3. The first-order chi connectivity index (χ1) is 13.8. The predicted molar refractivity (Wildman–Crippen MR) is 112 cm³/mol. The Hall–Kier alpha value is -3.38. The van der Waals surface area contributed by atoms with Crippen LogP contribution in [0.25, 0.3) is 11.3 Å². The highest BCUT2D eigenvalue weighted by molar-refractivity contribution is 7.98. The molecule has 6 heteroatoms. The summed E-state index contributed by atoms with van der Waals surface area (Å²) in [5, 5.41) is 10.9. The number of nitrogens with zero attached hydrogens (tertiary/aromatic N) is 2. The summed E-state index contributed by atoms with van der Waals surface area (Å²) in [7, 11) is 0. The second kappa shape index (κ2) is 8.54. The quantitative estimate of drug-likeness (QED) is 0.457. The molecule has 4 aromatic rings. The standard InChI is InChI=1S/C22H18N4OS/c27-22(20-14-19(25-26-20)17-8-2-1-3-9-17)24-18-10-6-7-16(13-18)15-28-21-11-4-5-12-23-21/h1-14H,15H2,(H,24,27)(H,25,26). The topological polar surface area (TPSA) is 70.7 Å². The van der Waals surface area contributed by atoms with Crippen molar-refractivity contribution in [2.45, 2.75) is 10.8 Å². The van der Waals surface area contributed by atoms with Crippen LogP contribution in [0.3, 0.4) is 0 Å². The number of anilines is 1. The Kier molecular flexibility index (Phi) is 5.49. The number of benzene rings is 2. The fourth-order valence-corrected chi connectivity index (χ4v) is 3.53.